The van der Waals surface area contributed by atoms with Gasteiger partial charge in [0.2, 0.25) is 0 Å². The highest BCUT2D eigenvalue weighted by atomic mass is 16.6. The molecule has 5 nitrogen and oxygen atoms in total. The Morgan fingerprint density at radius 2 is 2.12 bits per heavy atom. The van der Waals surface area contributed by atoms with E-state index in [2.05, 4.69) is 5.32 Å². The Labute approximate surface area is 95.8 Å². The molecule has 3 atom stereocenters. The predicted octanol–water partition coefficient (Wildman–Crippen LogP) is 0.328. The molecule has 92 valence electrons. The molecule has 16 heavy (non-hydrogen) atoms. The number of carbonyl (C=O) groups is 1. The maximum Gasteiger partial charge on any atom is 0.410 e. The fourth-order valence-corrected chi connectivity index (χ4v) is 2.42. The molecule has 0 aromatic heterocycles. The highest BCUT2D eigenvalue weighted by molar-refractivity contribution is 5.70. The van der Waals surface area contributed by atoms with E-state index in [-0.39, 0.29) is 18.2 Å². The molecule has 0 radical (unpaired) electrons. The summed E-state index contributed by atoms with van der Waals surface area (Å²) in [5, 5.41) is 13.0. The van der Waals surface area contributed by atoms with E-state index < -0.39 is 11.7 Å². The van der Waals surface area contributed by atoms with Crippen LogP contribution in [0.1, 0.15) is 27.2 Å². The first kappa shape index (κ1) is 11.7. The Morgan fingerprint density at radius 3 is 2.69 bits per heavy atom. The number of aliphatic hydroxyl groups is 1. The highest BCUT2D eigenvalue weighted by Crippen LogP contribution is 2.28. The van der Waals surface area contributed by atoms with E-state index in [9.17, 15) is 9.90 Å². The van der Waals surface area contributed by atoms with E-state index in [1.807, 2.05) is 20.8 Å². The standard InChI is InChI=1S/C11H20N2O3/c1-11(2,3)16-10(15)13-7-4-9(14)8(13)6-12-5-7/h7-9,12,14H,4-6H2,1-3H3/t7-,8-,9+/m0/s1. The molecular weight excluding hydrogens is 208 g/mol. The lowest BCUT2D eigenvalue weighted by Crippen LogP contribution is -2.56. The van der Waals surface area contributed by atoms with Gasteiger partial charge in [0, 0.05) is 13.1 Å². The van der Waals surface area contributed by atoms with E-state index in [0.717, 1.165) is 6.54 Å². The van der Waals surface area contributed by atoms with Gasteiger partial charge in [-0.15, -0.1) is 0 Å². The Bertz CT molecular complexity index is 287. The fourth-order valence-electron chi connectivity index (χ4n) is 2.42. The number of hydrogen-bond acceptors (Lipinski definition) is 4. The number of nitrogens with zero attached hydrogens (tertiary/aromatic N) is 1. The first-order valence-electron chi connectivity index (χ1n) is 5.78. The Morgan fingerprint density at radius 1 is 1.44 bits per heavy atom. The molecule has 2 N–H and O–H groups in total. The molecule has 0 unspecified atom stereocenters. The van der Waals surface area contributed by atoms with Gasteiger partial charge < -0.3 is 15.2 Å². The number of fused-ring (bicyclic) bond motifs is 2. The number of hydrogen-bond donors (Lipinski definition) is 2. The monoisotopic (exact) mass is 228 g/mol. The van der Waals surface area contributed by atoms with Crippen LogP contribution in [0.2, 0.25) is 0 Å². The van der Waals surface area contributed by atoms with Crippen LogP contribution in [0.5, 0.6) is 0 Å². The van der Waals surface area contributed by atoms with Crippen molar-refractivity contribution in [2.24, 2.45) is 0 Å². The summed E-state index contributed by atoms with van der Waals surface area (Å²) in [6, 6.07) is -0.0581. The van der Waals surface area contributed by atoms with E-state index in [1.165, 1.54) is 0 Å². The summed E-state index contributed by atoms with van der Waals surface area (Å²) < 4.78 is 5.35. The zero-order valence-electron chi connectivity index (χ0n) is 10.1. The van der Waals surface area contributed by atoms with Gasteiger partial charge in [-0.2, -0.15) is 0 Å². The number of aliphatic hydroxyl groups excluding tert-OH is 1. The molecule has 0 spiro atoms. The lowest BCUT2D eigenvalue weighted by molar-refractivity contribution is 0.00361. The van der Waals surface area contributed by atoms with Gasteiger partial charge in [-0.3, -0.25) is 4.90 Å². The zero-order valence-corrected chi connectivity index (χ0v) is 10.1. The second-order valence-electron chi connectivity index (χ2n) is 5.57. The van der Waals surface area contributed by atoms with Crippen molar-refractivity contribution in [3.8, 4) is 0 Å². The third-order valence-electron chi connectivity index (χ3n) is 3.05. The largest absolute Gasteiger partial charge is 0.444 e. The Hall–Kier alpha value is -0.810. The minimum Gasteiger partial charge on any atom is -0.444 e. The summed E-state index contributed by atoms with van der Waals surface area (Å²) in [5.41, 5.74) is -0.480. The minimum absolute atomic E-state index is 0.0728. The van der Waals surface area contributed by atoms with Crippen molar-refractivity contribution in [1.82, 2.24) is 10.2 Å². The molecule has 2 rings (SSSR count). The SMILES string of the molecule is CC(C)(C)OC(=O)N1[C@@H]2CNC[C@H]1[C@H](O)C2. The number of ether oxygens (including phenoxy) is 1. The lowest BCUT2D eigenvalue weighted by Gasteiger charge is -2.36. The third-order valence-corrected chi connectivity index (χ3v) is 3.05. The molecule has 2 fully saturated rings. The topological polar surface area (TPSA) is 61.8 Å². The quantitative estimate of drug-likeness (QED) is 0.627. The zero-order chi connectivity index (χ0) is 11.9. The summed E-state index contributed by atoms with van der Waals surface area (Å²) in [6.07, 6.45) is -0.0789. The molecule has 5 heteroatoms. The number of piperazine rings is 1. The first-order chi connectivity index (χ1) is 7.38. The van der Waals surface area contributed by atoms with Crippen LogP contribution in [0.4, 0.5) is 4.79 Å². The third kappa shape index (κ3) is 2.15. The van der Waals surface area contributed by atoms with Crippen LogP contribution >= 0.6 is 0 Å². The van der Waals surface area contributed by atoms with Gasteiger partial charge in [0.1, 0.15) is 5.60 Å². The van der Waals surface area contributed by atoms with Crippen LogP contribution < -0.4 is 5.32 Å². The van der Waals surface area contributed by atoms with Crippen molar-refractivity contribution in [3.05, 3.63) is 0 Å². The summed E-state index contributed by atoms with van der Waals surface area (Å²) in [6.45, 7) is 6.95. The minimum atomic E-state index is -0.480. The van der Waals surface area contributed by atoms with Gasteiger partial charge in [-0.05, 0) is 27.2 Å². The van der Waals surface area contributed by atoms with E-state index in [4.69, 9.17) is 4.74 Å². The van der Waals surface area contributed by atoms with E-state index in [0.29, 0.717) is 13.0 Å². The maximum atomic E-state index is 12.0. The van der Waals surface area contributed by atoms with Gasteiger partial charge in [-0.1, -0.05) is 0 Å². The van der Waals surface area contributed by atoms with E-state index in [1.54, 1.807) is 4.90 Å². The van der Waals surface area contributed by atoms with Gasteiger partial charge in [0.15, 0.2) is 0 Å². The molecule has 2 bridgehead atoms. The summed E-state index contributed by atoms with van der Waals surface area (Å²) in [7, 11) is 0. The second-order valence-corrected chi connectivity index (χ2v) is 5.57. The molecule has 0 aliphatic carbocycles. The lowest BCUT2D eigenvalue weighted by atomic mass is 10.2. The molecule has 2 saturated heterocycles. The molecule has 1 amide bonds. The summed E-state index contributed by atoms with van der Waals surface area (Å²) in [5.74, 6) is 0. The maximum absolute atomic E-state index is 12.0. The van der Waals surface area contributed by atoms with Crippen LogP contribution in [0.3, 0.4) is 0 Å². The van der Waals surface area contributed by atoms with Crippen molar-refractivity contribution >= 4 is 6.09 Å². The number of nitrogens with one attached hydrogen (secondary N) is 1. The molecule has 0 saturated carbocycles. The normalized spacial score (nSPS) is 34.0. The Balaban J connectivity index is 2.07. The van der Waals surface area contributed by atoms with Gasteiger partial charge in [0.25, 0.3) is 0 Å². The molecule has 2 aliphatic heterocycles. The van der Waals surface area contributed by atoms with Crippen molar-refractivity contribution < 1.29 is 14.6 Å². The molecule has 0 aromatic carbocycles. The predicted molar refractivity (Wildman–Crippen MR) is 59.1 cm³/mol. The highest BCUT2D eigenvalue weighted by Gasteiger charge is 2.46. The first-order valence-corrected chi connectivity index (χ1v) is 5.78. The van der Waals surface area contributed by atoms with Gasteiger partial charge >= 0.3 is 6.09 Å². The van der Waals surface area contributed by atoms with Crippen molar-refractivity contribution in [1.29, 1.82) is 0 Å². The number of rotatable bonds is 0. The molecule has 2 heterocycles. The van der Waals surface area contributed by atoms with Crippen molar-refractivity contribution in [2.75, 3.05) is 13.1 Å². The fraction of sp³-hybridized carbons (Fsp3) is 0.909. The number of amides is 1. The molecular formula is C11H20N2O3. The van der Waals surface area contributed by atoms with Crippen LogP contribution in [-0.2, 0) is 4.74 Å². The van der Waals surface area contributed by atoms with Crippen molar-refractivity contribution in [3.63, 3.8) is 0 Å². The average molecular weight is 228 g/mol. The van der Waals surface area contributed by atoms with Crippen LogP contribution in [-0.4, -0.2) is 53.0 Å². The van der Waals surface area contributed by atoms with Crippen molar-refractivity contribution in [2.45, 2.75) is 51.0 Å². The number of carbonyl (C=O) groups excluding carboxylic acids is 1. The Kier molecular flexibility index (Phi) is 2.84. The van der Waals surface area contributed by atoms with Crippen LogP contribution in [0.15, 0.2) is 0 Å². The van der Waals surface area contributed by atoms with E-state index >= 15 is 0 Å². The van der Waals surface area contributed by atoms with Gasteiger partial charge in [0.05, 0.1) is 18.2 Å². The smallest absolute Gasteiger partial charge is 0.410 e. The molecule has 2 aliphatic rings. The van der Waals surface area contributed by atoms with Gasteiger partial charge in [-0.25, -0.2) is 4.79 Å². The summed E-state index contributed by atoms with van der Waals surface area (Å²) in [4.78, 5) is 13.7. The summed E-state index contributed by atoms with van der Waals surface area (Å²) >= 11 is 0. The second kappa shape index (κ2) is 3.89. The average Bonchev–Trinajstić information content (AvgIpc) is 2.31. The van der Waals surface area contributed by atoms with Crippen LogP contribution in [0, 0.1) is 0 Å². The van der Waals surface area contributed by atoms with Crippen LogP contribution in [0.25, 0.3) is 0 Å². The molecule has 0 aromatic rings.